The summed E-state index contributed by atoms with van der Waals surface area (Å²) in [5.74, 6) is -0.304. The van der Waals surface area contributed by atoms with Crippen molar-refractivity contribution in [2.45, 2.75) is 39.2 Å². The van der Waals surface area contributed by atoms with Crippen molar-refractivity contribution in [2.75, 3.05) is 19.6 Å². The van der Waals surface area contributed by atoms with Crippen LogP contribution in [-0.2, 0) is 9.53 Å². The van der Waals surface area contributed by atoms with Gasteiger partial charge in [0, 0.05) is 25.7 Å². The molecule has 142 valence electrons. The first-order valence-electron chi connectivity index (χ1n) is 8.92. The number of carbonyl (C=O) groups excluding carboxylic acids is 2. The van der Waals surface area contributed by atoms with Gasteiger partial charge in [-0.15, -0.1) is 0 Å². The zero-order valence-corrected chi connectivity index (χ0v) is 15.6. The summed E-state index contributed by atoms with van der Waals surface area (Å²) in [6.45, 7) is 7.31. The summed E-state index contributed by atoms with van der Waals surface area (Å²) in [6, 6.07) is 5.92. The third-order valence-electron chi connectivity index (χ3n) is 4.03. The standard InChI is InChI=1S/C20H27FN2O3/c1-20(2,3)26-19(25)23-12-4-5-16(14-23)13-22-18(24)11-8-15-6-9-17(21)10-7-15/h6-11,16H,4-5,12-14H2,1-3H3,(H,22,24)/b11-8+. The van der Waals surface area contributed by atoms with Gasteiger partial charge < -0.3 is 15.0 Å². The number of ether oxygens (including phenoxy) is 1. The van der Waals surface area contributed by atoms with Crippen LogP contribution in [0.15, 0.2) is 30.3 Å². The summed E-state index contributed by atoms with van der Waals surface area (Å²) in [5.41, 5.74) is 0.249. The fraction of sp³-hybridized carbons (Fsp3) is 0.500. The van der Waals surface area contributed by atoms with Gasteiger partial charge in [-0.25, -0.2) is 9.18 Å². The van der Waals surface area contributed by atoms with Crippen molar-refractivity contribution in [1.82, 2.24) is 10.2 Å². The molecule has 1 atom stereocenters. The fourth-order valence-electron chi connectivity index (χ4n) is 2.77. The van der Waals surface area contributed by atoms with E-state index in [1.807, 2.05) is 20.8 Å². The number of halogens is 1. The van der Waals surface area contributed by atoms with Gasteiger partial charge in [-0.1, -0.05) is 12.1 Å². The van der Waals surface area contributed by atoms with Crippen LogP contribution >= 0.6 is 0 Å². The van der Waals surface area contributed by atoms with E-state index in [1.165, 1.54) is 18.2 Å². The number of likely N-dealkylation sites (tertiary alicyclic amines) is 1. The molecule has 1 saturated heterocycles. The Balaban J connectivity index is 1.78. The van der Waals surface area contributed by atoms with Gasteiger partial charge in [0.25, 0.3) is 0 Å². The molecule has 5 nitrogen and oxygen atoms in total. The van der Waals surface area contributed by atoms with Crippen molar-refractivity contribution in [2.24, 2.45) is 5.92 Å². The third kappa shape index (κ3) is 6.86. The predicted molar refractivity (Wildman–Crippen MR) is 99.0 cm³/mol. The zero-order chi connectivity index (χ0) is 19.2. The molecule has 2 amide bonds. The molecule has 0 spiro atoms. The second-order valence-electron chi connectivity index (χ2n) is 7.56. The number of piperidine rings is 1. The highest BCUT2D eigenvalue weighted by molar-refractivity contribution is 5.91. The predicted octanol–water partition coefficient (Wildman–Crippen LogP) is 3.60. The van der Waals surface area contributed by atoms with Gasteiger partial charge in [0.15, 0.2) is 0 Å². The Bertz CT molecular complexity index is 650. The third-order valence-corrected chi connectivity index (χ3v) is 4.03. The molecular weight excluding hydrogens is 335 g/mol. The molecule has 1 aromatic carbocycles. The normalized spacial score (nSPS) is 18.0. The first-order valence-corrected chi connectivity index (χ1v) is 8.92. The summed E-state index contributed by atoms with van der Waals surface area (Å²) in [5, 5.41) is 2.86. The van der Waals surface area contributed by atoms with Gasteiger partial charge in [-0.3, -0.25) is 4.79 Å². The molecule has 1 aromatic rings. The Kier molecular flexibility index (Phi) is 6.77. The molecule has 0 radical (unpaired) electrons. The lowest BCUT2D eigenvalue weighted by Gasteiger charge is -2.34. The average molecular weight is 362 g/mol. The van der Waals surface area contributed by atoms with Gasteiger partial charge in [0.1, 0.15) is 11.4 Å². The molecule has 26 heavy (non-hydrogen) atoms. The molecule has 1 aliphatic rings. The summed E-state index contributed by atoms with van der Waals surface area (Å²) in [4.78, 5) is 25.8. The van der Waals surface area contributed by atoms with E-state index >= 15 is 0 Å². The maximum Gasteiger partial charge on any atom is 0.410 e. The first kappa shape index (κ1) is 19.9. The highest BCUT2D eigenvalue weighted by Gasteiger charge is 2.27. The molecule has 1 N–H and O–H groups in total. The number of rotatable bonds is 4. The second kappa shape index (κ2) is 8.83. The Hall–Kier alpha value is -2.37. The van der Waals surface area contributed by atoms with Gasteiger partial charge >= 0.3 is 6.09 Å². The van der Waals surface area contributed by atoms with Crippen molar-refractivity contribution in [1.29, 1.82) is 0 Å². The van der Waals surface area contributed by atoms with Gasteiger partial charge in [-0.2, -0.15) is 0 Å². The largest absolute Gasteiger partial charge is 0.444 e. The molecule has 2 rings (SSSR count). The summed E-state index contributed by atoms with van der Waals surface area (Å²) >= 11 is 0. The maximum absolute atomic E-state index is 12.9. The van der Waals surface area contributed by atoms with Crippen molar-refractivity contribution in [3.05, 3.63) is 41.7 Å². The Morgan fingerprint density at radius 1 is 1.31 bits per heavy atom. The molecule has 1 unspecified atom stereocenters. The molecular formula is C20H27FN2O3. The molecule has 1 aliphatic heterocycles. The van der Waals surface area contributed by atoms with E-state index in [4.69, 9.17) is 4.74 Å². The Morgan fingerprint density at radius 3 is 2.65 bits per heavy atom. The summed E-state index contributed by atoms with van der Waals surface area (Å²) in [6.07, 6.45) is 4.63. The molecule has 0 bridgehead atoms. The quantitative estimate of drug-likeness (QED) is 0.833. The minimum absolute atomic E-state index is 0.205. The van der Waals surface area contributed by atoms with E-state index in [1.54, 1.807) is 23.1 Å². The minimum Gasteiger partial charge on any atom is -0.444 e. The van der Waals surface area contributed by atoms with Crippen molar-refractivity contribution in [3.63, 3.8) is 0 Å². The SMILES string of the molecule is CC(C)(C)OC(=O)N1CCCC(CNC(=O)/C=C/c2ccc(F)cc2)C1. The van der Waals surface area contributed by atoms with Crippen molar-refractivity contribution >= 4 is 18.1 Å². The number of nitrogens with zero attached hydrogens (tertiary/aromatic N) is 1. The maximum atomic E-state index is 12.9. The van der Waals surface area contributed by atoms with Crippen LogP contribution in [0.4, 0.5) is 9.18 Å². The van der Waals surface area contributed by atoms with Gasteiger partial charge in [0.2, 0.25) is 5.91 Å². The molecule has 1 fully saturated rings. The van der Waals surface area contributed by atoms with Crippen LogP contribution in [-0.4, -0.2) is 42.1 Å². The first-order chi connectivity index (χ1) is 12.2. The van der Waals surface area contributed by atoms with Crippen LogP contribution in [0.1, 0.15) is 39.2 Å². The van der Waals surface area contributed by atoms with Gasteiger partial charge in [-0.05, 0) is 63.3 Å². The van der Waals surface area contributed by atoms with Gasteiger partial charge in [0.05, 0.1) is 0 Å². The van der Waals surface area contributed by atoms with Crippen LogP contribution in [0.3, 0.4) is 0 Å². The highest BCUT2D eigenvalue weighted by atomic mass is 19.1. The lowest BCUT2D eigenvalue weighted by molar-refractivity contribution is -0.116. The Morgan fingerprint density at radius 2 is 2.00 bits per heavy atom. The van der Waals surface area contributed by atoms with E-state index in [0.717, 1.165) is 18.4 Å². The van der Waals surface area contributed by atoms with E-state index in [0.29, 0.717) is 19.6 Å². The van der Waals surface area contributed by atoms with E-state index < -0.39 is 5.60 Å². The molecule has 0 aromatic heterocycles. The highest BCUT2D eigenvalue weighted by Crippen LogP contribution is 2.18. The van der Waals surface area contributed by atoms with E-state index in [2.05, 4.69) is 5.32 Å². The molecule has 0 aliphatic carbocycles. The minimum atomic E-state index is -0.511. The Labute approximate surface area is 154 Å². The van der Waals surface area contributed by atoms with E-state index in [9.17, 15) is 14.0 Å². The van der Waals surface area contributed by atoms with Crippen LogP contribution < -0.4 is 5.32 Å². The summed E-state index contributed by atoms with van der Waals surface area (Å²) < 4.78 is 18.3. The number of hydrogen-bond donors (Lipinski definition) is 1. The van der Waals surface area contributed by atoms with Crippen molar-refractivity contribution in [3.8, 4) is 0 Å². The number of carbonyl (C=O) groups is 2. The molecule has 0 saturated carbocycles. The van der Waals surface area contributed by atoms with Crippen LogP contribution in [0.5, 0.6) is 0 Å². The fourth-order valence-corrected chi connectivity index (χ4v) is 2.77. The molecule has 6 heteroatoms. The lowest BCUT2D eigenvalue weighted by Crippen LogP contribution is -2.45. The summed E-state index contributed by atoms with van der Waals surface area (Å²) in [7, 11) is 0. The number of amides is 2. The number of nitrogens with one attached hydrogen (secondary N) is 1. The lowest BCUT2D eigenvalue weighted by atomic mass is 9.98. The van der Waals surface area contributed by atoms with Crippen LogP contribution in [0.25, 0.3) is 6.08 Å². The van der Waals surface area contributed by atoms with Crippen molar-refractivity contribution < 1.29 is 18.7 Å². The smallest absolute Gasteiger partial charge is 0.410 e. The van der Waals surface area contributed by atoms with E-state index in [-0.39, 0.29) is 23.7 Å². The zero-order valence-electron chi connectivity index (χ0n) is 15.6. The monoisotopic (exact) mass is 362 g/mol. The average Bonchev–Trinajstić information content (AvgIpc) is 2.58. The molecule has 1 heterocycles. The van der Waals surface area contributed by atoms with Crippen LogP contribution in [0.2, 0.25) is 0 Å². The second-order valence-corrected chi connectivity index (χ2v) is 7.56. The van der Waals surface area contributed by atoms with Crippen LogP contribution in [0, 0.1) is 11.7 Å². The number of hydrogen-bond acceptors (Lipinski definition) is 3. The topological polar surface area (TPSA) is 58.6 Å². The number of benzene rings is 1.